The molecule has 0 saturated heterocycles. The standard InChI is InChI=1S/C33H24S6.C16H18S2Si.CH4/c1-19-4-7-28(34-19)31-13-10-25(37-31)22-16-23(26-11-14-32(38-26)29-8-5-20(2)35-29)18-24(17-22)27-12-15-33(39-27)30-9-6-21(3)36-30;1-11-5-7-13(17-11)15-9-10-16(19(15,3)4)14-8-6-12(2)18-14;/h4-18H,1-3H3;5-10H,1-4H3;1H4. The molecule has 1 aromatic carbocycles. The average molecular weight is 932 g/mol. The zero-order valence-electron chi connectivity index (χ0n) is 33.4. The van der Waals surface area contributed by atoms with Crippen LogP contribution in [0.1, 0.15) is 41.6 Å². The summed E-state index contributed by atoms with van der Waals surface area (Å²) in [6.07, 6.45) is 4.73. The van der Waals surface area contributed by atoms with Crippen molar-refractivity contribution in [1.29, 1.82) is 0 Å². The molecule has 1 aliphatic heterocycles. The second-order valence-corrected chi connectivity index (χ2v) is 29.1. The Kier molecular flexibility index (Phi) is 12.5. The molecule has 9 heteroatoms. The molecule has 0 N–H and O–H groups in total. The van der Waals surface area contributed by atoms with E-state index in [2.05, 4.69) is 175 Å². The molecule has 9 heterocycles. The molecule has 0 saturated carbocycles. The first-order valence-electron chi connectivity index (χ1n) is 19.2. The van der Waals surface area contributed by atoms with Crippen molar-refractivity contribution in [2.45, 2.75) is 55.1 Å². The van der Waals surface area contributed by atoms with Crippen molar-refractivity contribution in [1.82, 2.24) is 0 Å². The van der Waals surface area contributed by atoms with Crippen LogP contribution >= 0.6 is 90.7 Å². The van der Waals surface area contributed by atoms with Gasteiger partial charge in [0, 0.05) is 78.0 Å². The number of rotatable bonds is 8. The summed E-state index contributed by atoms with van der Waals surface area (Å²) in [6, 6.07) is 43.3. The first kappa shape index (κ1) is 42.2. The third-order valence-electron chi connectivity index (χ3n) is 10.3. The first-order valence-corrected chi connectivity index (χ1v) is 28.7. The van der Waals surface area contributed by atoms with Crippen LogP contribution in [0, 0.1) is 34.6 Å². The molecule has 0 radical (unpaired) electrons. The van der Waals surface area contributed by atoms with Crippen LogP contribution in [0.4, 0.5) is 0 Å². The molecule has 9 aromatic rings. The van der Waals surface area contributed by atoms with Crippen molar-refractivity contribution in [3.05, 3.63) is 162 Å². The Bertz CT molecular complexity index is 2660. The highest BCUT2D eigenvalue weighted by Gasteiger charge is 2.36. The topological polar surface area (TPSA) is 0 Å². The number of allylic oxidation sites excluding steroid dienone is 2. The lowest BCUT2D eigenvalue weighted by Crippen LogP contribution is -2.27. The van der Waals surface area contributed by atoms with Crippen LogP contribution in [-0.2, 0) is 0 Å². The molecule has 0 aliphatic carbocycles. The van der Waals surface area contributed by atoms with Crippen LogP contribution in [-0.4, -0.2) is 8.07 Å². The minimum atomic E-state index is -1.51. The van der Waals surface area contributed by atoms with E-state index in [1.807, 2.05) is 90.7 Å². The van der Waals surface area contributed by atoms with E-state index in [0.717, 1.165) is 0 Å². The van der Waals surface area contributed by atoms with Crippen LogP contribution in [0.15, 0.2) is 127 Å². The van der Waals surface area contributed by atoms with E-state index in [4.69, 9.17) is 0 Å². The van der Waals surface area contributed by atoms with Crippen molar-refractivity contribution >= 4 is 109 Å². The van der Waals surface area contributed by atoms with E-state index in [1.165, 1.54) is 94.7 Å². The van der Waals surface area contributed by atoms with E-state index >= 15 is 0 Å². The van der Waals surface area contributed by atoms with Gasteiger partial charge in [-0.2, -0.15) is 0 Å². The quantitative estimate of drug-likeness (QED) is 0.133. The Labute approximate surface area is 382 Å². The predicted molar refractivity (Wildman–Crippen MR) is 279 cm³/mol. The molecule has 0 bridgehead atoms. The van der Waals surface area contributed by atoms with Gasteiger partial charge in [0.05, 0.1) is 0 Å². The van der Waals surface area contributed by atoms with Gasteiger partial charge in [-0.15, -0.1) is 90.7 Å². The van der Waals surface area contributed by atoms with Gasteiger partial charge in [-0.3, -0.25) is 0 Å². The largest absolute Gasteiger partial charge is 0.141 e. The van der Waals surface area contributed by atoms with Gasteiger partial charge in [-0.1, -0.05) is 32.7 Å². The number of hydrogen-bond acceptors (Lipinski definition) is 8. The molecule has 1 aliphatic rings. The van der Waals surface area contributed by atoms with Gasteiger partial charge in [0.15, 0.2) is 0 Å². The summed E-state index contributed by atoms with van der Waals surface area (Å²) in [4.78, 5) is 21.8. The summed E-state index contributed by atoms with van der Waals surface area (Å²) in [6.45, 7) is 15.9. The fraction of sp³-hybridized carbons (Fsp3) is 0.160. The van der Waals surface area contributed by atoms with Gasteiger partial charge in [0.2, 0.25) is 0 Å². The zero-order valence-corrected chi connectivity index (χ0v) is 40.9. The summed E-state index contributed by atoms with van der Waals surface area (Å²) in [5.74, 6) is 0. The van der Waals surface area contributed by atoms with Gasteiger partial charge < -0.3 is 0 Å². The second kappa shape index (κ2) is 17.5. The Hall–Kier alpha value is -3.48. The molecule has 0 amide bonds. The molecule has 0 spiro atoms. The molecule has 8 aromatic heterocycles. The van der Waals surface area contributed by atoms with Gasteiger partial charge in [-0.25, -0.2) is 0 Å². The van der Waals surface area contributed by atoms with Crippen molar-refractivity contribution in [2.75, 3.05) is 0 Å². The third kappa shape index (κ3) is 8.96. The summed E-state index contributed by atoms with van der Waals surface area (Å²) < 4.78 is 0. The molecular formula is C50H46S8Si. The van der Waals surface area contributed by atoms with Crippen LogP contribution < -0.4 is 0 Å². The normalized spacial score (nSPS) is 13.2. The molecular weight excluding hydrogens is 885 g/mol. The Morgan fingerprint density at radius 1 is 0.288 bits per heavy atom. The molecule has 0 atom stereocenters. The highest BCUT2D eigenvalue weighted by Crippen LogP contribution is 2.47. The van der Waals surface area contributed by atoms with E-state index in [9.17, 15) is 0 Å². The number of benzene rings is 1. The maximum absolute atomic E-state index is 2.47. The summed E-state index contributed by atoms with van der Waals surface area (Å²) >= 11 is 15.1. The number of hydrogen-bond donors (Lipinski definition) is 0. The van der Waals surface area contributed by atoms with Crippen molar-refractivity contribution in [2.24, 2.45) is 0 Å². The van der Waals surface area contributed by atoms with Crippen LogP contribution in [0.25, 0.3) is 71.0 Å². The third-order valence-corrected chi connectivity index (χ3v) is 23.3. The highest BCUT2D eigenvalue weighted by molar-refractivity contribution is 7.25. The molecule has 298 valence electrons. The van der Waals surface area contributed by atoms with Crippen LogP contribution in [0.3, 0.4) is 0 Å². The number of aryl methyl sites for hydroxylation is 5. The lowest BCUT2D eigenvalue weighted by molar-refractivity contribution is 1.64. The maximum atomic E-state index is 2.47. The molecule has 59 heavy (non-hydrogen) atoms. The van der Waals surface area contributed by atoms with Gasteiger partial charge in [-0.05, 0) is 177 Å². The zero-order chi connectivity index (χ0) is 40.1. The highest BCUT2D eigenvalue weighted by atomic mass is 32.1. The summed E-state index contributed by atoms with van der Waals surface area (Å²) in [7, 11) is -1.51. The minimum Gasteiger partial charge on any atom is -0.141 e. The Morgan fingerprint density at radius 3 is 0.763 bits per heavy atom. The van der Waals surface area contributed by atoms with Crippen molar-refractivity contribution in [3.63, 3.8) is 0 Å². The maximum Gasteiger partial charge on any atom is 0.115 e. The lowest BCUT2D eigenvalue weighted by atomic mass is 10.0. The SMILES string of the molecule is C.Cc1ccc(-c2ccc(-c3cc(-c4ccc(-c5ccc(C)s5)s4)cc(-c4ccc(-c5ccc(C)s5)s4)c3)s2)s1.Cc1ccc(C2=CC=C(c3ccc(C)s3)[Si]2(C)C)s1. The number of thiophene rings is 8. The van der Waals surface area contributed by atoms with Crippen LogP contribution in [0.5, 0.6) is 0 Å². The fourth-order valence-corrected chi connectivity index (χ4v) is 19.3. The summed E-state index contributed by atoms with van der Waals surface area (Å²) in [5, 5.41) is 3.18. The van der Waals surface area contributed by atoms with Gasteiger partial charge in [0.1, 0.15) is 8.07 Å². The molecule has 0 fully saturated rings. The van der Waals surface area contributed by atoms with E-state index in [0.29, 0.717) is 0 Å². The molecule has 10 rings (SSSR count). The van der Waals surface area contributed by atoms with E-state index in [-0.39, 0.29) is 7.43 Å². The predicted octanol–water partition coefficient (Wildman–Crippen LogP) is 19.3. The monoisotopic (exact) mass is 930 g/mol. The first-order chi connectivity index (χ1) is 28.0. The van der Waals surface area contributed by atoms with E-state index < -0.39 is 8.07 Å². The minimum absolute atomic E-state index is 0. The average Bonchev–Trinajstić information content (AvgIpc) is 4.04. The van der Waals surface area contributed by atoms with Gasteiger partial charge >= 0.3 is 0 Å². The van der Waals surface area contributed by atoms with Crippen LogP contribution in [0.2, 0.25) is 13.1 Å². The van der Waals surface area contributed by atoms with Crippen molar-refractivity contribution < 1.29 is 0 Å². The lowest BCUT2D eigenvalue weighted by Gasteiger charge is -2.23. The van der Waals surface area contributed by atoms with Gasteiger partial charge in [0.25, 0.3) is 0 Å². The Balaban J connectivity index is 0.000000203. The smallest absolute Gasteiger partial charge is 0.115 e. The fourth-order valence-electron chi connectivity index (χ4n) is 7.30. The summed E-state index contributed by atoms with van der Waals surface area (Å²) in [5.41, 5.74) is 3.86. The molecule has 0 unspecified atom stereocenters. The van der Waals surface area contributed by atoms with E-state index in [1.54, 1.807) is 10.4 Å². The van der Waals surface area contributed by atoms with Crippen molar-refractivity contribution in [3.8, 4) is 60.6 Å². The Morgan fingerprint density at radius 2 is 0.508 bits per heavy atom. The molecule has 0 nitrogen and oxygen atoms in total. The second-order valence-electron chi connectivity index (χ2n) is 15.1.